The van der Waals surface area contributed by atoms with Crippen molar-refractivity contribution < 1.29 is 23.5 Å². The fraction of sp³-hybridized carbons (Fsp3) is 0.889. The van der Waals surface area contributed by atoms with Gasteiger partial charge in [0.15, 0.2) is 8.32 Å². The van der Waals surface area contributed by atoms with Crippen molar-refractivity contribution in [2.45, 2.75) is 78.2 Å². The molecule has 1 aliphatic heterocycles. The number of carbonyl (C=O) groups excluding carboxylic acids is 2. The number of hydrogen-bond acceptors (Lipinski definition) is 5. The van der Waals surface area contributed by atoms with Gasteiger partial charge in [0, 0.05) is 6.54 Å². The fourth-order valence-corrected chi connectivity index (χ4v) is 3.30. The van der Waals surface area contributed by atoms with Crippen LogP contribution in [0.15, 0.2) is 0 Å². The van der Waals surface area contributed by atoms with Crippen molar-refractivity contribution >= 4 is 20.4 Å². The molecule has 1 heterocycles. The summed E-state index contributed by atoms with van der Waals surface area (Å²) in [4.78, 5) is 26.2. The third-order valence-corrected chi connectivity index (χ3v) is 9.40. The van der Waals surface area contributed by atoms with Gasteiger partial charge in [-0.3, -0.25) is 4.79 Å². The van der Waals surface area contributed by atoms with Crippen LogP contribution < -0.4 is 0 Å². The third kappa shape index (κ3) is 5.71. The van der Waals surface area contributed by atoms with Gasteiger partial charge in [-0.15, -0.1) is 0 Å². The van der Waals surface area contributed by atoms with E-state index in [0.29, 0.717) is 19.8 Å². The summed E-state index contributed by atoms with van der Waals surface area (Å²) in [6, 6.07) is -0.331. The normalized spacial score (nSPS) is 21.6. The lowest BCUT2D eigenvalue weighted by molar-refractivity contribution is -0.159. The van der Waals surface area contributed by atoms with Crippen LogP contribution >= 0.6 is 0 Å². The van der Waals surface area contributed by atoms with Gasteiger partial charge in [-0.05, 0) is 45.8 Å². The lowest BCUT2D eigenvalue weighted by Crippen LogP contribution is -2.64. The number of esters is 1. The first-order valence-corrected chi connectivity index (χ1v) is 11.9. The van der Waals surface area contributed by atoms with Crippen molar-refractivity contribution in [3.63, 3.8) is 0 Å². The molecule has 0 N–H and O–H groups in total. The molecular weight excluding hydrogens is 338 g/mol. The smallest absolute Gasteiger partial charge is 0.410 e. The Morgan fingerprint density at radius 2 is 1.68 bits per heavy atom. The summed E-state index contributed by atoms with van der Waals surface area (Å²) < 4.78 is 16.8. The molecule has 0 saturated carbocycles. The standard InChI is InChI=1S/C18H35NO5Si/c1-10-22-15(20)13-11-19(16(21)24-17(2,3)4)14(13)12-23-25(8,9)18(5,6)7/h13-14H,10-12H2,1-9H3. The maximum atomic E-state index is 12.4. The van der Waals surface area contributed by atoms with E-state index in [2.05, 4.69) is 33.9 Å². The highest BCUT2D eigenvalue weighted by molar-refractivity contribution is 6.74. The van der Waals surface area contributed by atoms with Crippen LogP contribution in [0.2, 0.25) is 18.1 Å². The van der Waals surface area contributed by atoms with Crippen LogP contribution in [-0.4, -0.2) is 56.7 Å². The van der Waals surface area contributed by atoms with E-state index in [1.807, 2.05) is 20.8 Å². The van der Waals surface area contributed by atoms with Crippen LogP contribution in [0.5, 0.6) is 0 Å². The van der Waals surface area contributed by atoms with Crippen LogP contribution in [0, 0.1) is 5.92 Å². The Kier molecular flexibility index (Phi) is 6.73. The molecule has 2 unspecified atom stereocenters. The topological polar surface area (TPSA) is 65.1 Å². The zero-order valence-electron chi connectivity index (χ0n) is 17.3. The van der Waals surface area contributed by atoms with Crippen LogP contribution in [0.1, 0.15) is 48.5 Å². The van der Waals surface area contributed by atoms with Gasteiger partial charge in [-0.1, -0.05) is 20.8 Å². The van der Waals surface area contributed by atoms with Gasteiger partial charge in [0.25, 0.3) is 0 Å². The van der Waals surface area contributed by atoms with Crippen molar-refractivity contribution in [3.05, 3.63) is 0 Å². The van der Waals surface area contributed by atoms with Gasteiger partial charge in [-0.2, -0.15) is 0 Å². The molecule has 1 rings (SSSR count). The molecule has 146 valence electrons. The molecular formula is C18H35NO5Si. The number of nitrogens with zero attached hydrogens (tertiary/aromatic N) is 1. The van der Waals surface area contributed by atoms with E-state index < -0.39 is 20.0 Å². The van der Waals surface area contributed by atoms with Crippen molar-refractivity contribution in [1.29, 1.82) is 0 Å². The molecule has 1 aliphatic rings. The van der Waals surface area contributed by atoms with Crippen LogP contribution in [0.25, 0.3) is 0 Å². The monoisotopic (exact) mass is 373 g/mol. The summed E-state index contributed by atoms with van der Waals surface area (Å²) in [5.74, 6) is -0.622. The Balaban J connectivity index is 2.84. The van der Waals surface area contributed by atoms with Gasteiger partial charge < -0.3 is 18.8 Å². The van der Waals surface area contributed by atoms with Crippen molar-refractivity contribution in [1.82, 2.24) is 4.90 Å². The summed E-state index contributed by atoms with van der Waals surface area (Å²) in [6.45, 7) is 19.0. The predicted molar refractivity (Wildman–Crippen MR) is 100 cm³/mol. The molecule has 0 aromatic rings. The average molecular weight is 374 g/mol. The van der Waals surface area contributed by atoms with Gasteiger partial charge in [-0.25, -0.2) is 4.79 Å². The lowest BCUT2D eigenvalue weighted by atomic mass is 9.89. The van der Waals surface area contributed by atoms with Gasteiger partial charge >= 0.3 is 12.1 Å². The summed E-state index contributed by atoms with van der Waals surface area (Å²) in [5, 5.41) is 0.0624. The number of likely N-dealkylation sites (tertiary alicyclic amines) is 1. The molecule has 7 heteroatoms. The summed E-state index contributed by atoms with van der Waals surface area (Å²) >= 11 is 0. The average Bonchev–Trinajstić information content (AvgIpc) is 2.33. The second-order valence-corrected chi connectivity index (χ2v) is 13.9. The van der Waals surface area contributed by atoms with Crippen LogP contribution in [0.3, 0.4) is 0 Å². The summed E-state index contributed by atoms with van der Waals surface area (Å²) in [6.07, 6.45) is -0.406. The minimum Gasteiger partial charge on any atom is -0.466 e. The van der Waals surface area contributed by atoms with E-state index in [1.54, 1.807) is 11.8 Å². The van der Waals surface area contributed by atoms with Crippen molar-refractivity contribution in [3.8, 4) is 0 Å². The molecule has 0 aliphatic carbocycles. The Morgan fingerprint density at radius 1 is 1.12 bits per heavy atom. The minimum atomic E-state index is -1.98. The van der Waals surface area contributed by atoms with Gasteiger partial charge in [0.05, 0.1) is 25.2 Å². The molecule has 0 aromatic heterocycles. The predicted octanol–water partition coefficient (Wildman–Crippen LogP) is 3.81. The second kappa shape index (κ2) is 7.66. The van der Waals surface area contributed by atoms with Crippen LogP contribution in [0.4, 0.5) is 4.79 Å². The van der Waals surface area contributed by atoms with Crippen LogP contribution in [-0.2, 0) is 18.7 Å². The number of ether oxygens (including phenoxy) is 2. The lowest BCUT2D eigenvalue weighted by Gasteiger charge is -2.48. The van der Waals surface area contributed by atoms with E-state index in [9.17, 15) is 9.59 Å². The van der Waals surface area contributed by atoms with Gasteiger partial charge in [0.2, 0.25) is 0 Å². The highest BCUT2D eigenvalue weighted by atomic mass is 28.4. The van der Waals surface area contributed by atoms with Gasteiger partial charge in [0.1, 0.15) is 5.60 Å². The first-order valence-electron chi connectivity index (χ1n) is 9.00. The largest absolute Gasteiger partial charge is 0.466 e. The molecule has 0 bridgehead atoms. The van der Waals surface area contributed by atoms with Crippen molar-refractivity contribution in [2.24, 2.45) is 5.92 Å². The first kappa shape index (κ1) is 22.0. The zero-order chi connectivity index (χ0) is 19.6. The molecule has 1 fully saturated rings. The quantitative estimate of drug-likeness (QED) is 0.541. The maximum absolute atomic E-state index is 12.4. The zero-order valence-corrected chi connectivity index (χ0v) is 18.3. The molecule has 0 spiro atoms. The van der Waals surface area contributed by atoms with Crippen molar-refractivity contribution in [2.75, 3.05) is 19.8 Å². The summed E-state index contributed by atoms with van der Waals surface area (Å²) in [7, 11) is -1.98. The Bertz CT molecular complexity index is 493. The SMILES string of the molecule is CCOC(=O)C1CN(C(=O)OC(C)(C)C)C1CO[Si](C)(C)C(C)(C)C. The van der Waals surface area contributed by atoms with E-state index in [0.717, 1.165) is 0 Å². The Morgan fingerprint density at radius 3 is 2.12 bits per heavy atom. The number of rotatable bonds is 5. The molecule has 0 radical (unpaired) electrons. The fourth-order valence-electron chi connectivity index (χ4n) is 2.28. The number of amides is 1. The molecule has 0 aromatic carbocycles. The third-order valence-electron chi connectivity index (χ3n) is 4.90. The van der Waals surface area contributed by atoms with E-state index in [-0.39, 0.29) is 23.0 Å². The van der Waals surface area contributed by atoms with E-state index in [1.165, 1.54) is 0 Å². The first-order chi connectivity index (χ1) is 11.2. The number of hydrogen-bond donors (Lipinski definition) is 0. The molecule has 25 heavy (non-hydrogen) atoms. The Hall–Kier alpha value is -1.08. The maximum Gasteiger partial charge on any atom is 0.410 e. The molecule has 1 saturated heterocycles. The molecule has 2 atom stereocenters. The Labute approximate surface area is 153 Å². The minimum absolute atomic E-state index is 0.0624. The second-order valence-electron chi connectivity index (χ2n) is 9.13. The van der Waals surface area contributed by atoms with E-state index in [4.69, 9.17) is 13.9 Å². The summed E-state index contributed by atoms with van der Waals surface area (Å²) in [5.41, 5.74) is -0.572. The highest BCUT2D eigenvalue weighted by Gasteiger charge is 2.50. The molecule has 6 nitrogen and oxygen atoms in total. The molecule has 1 amide bonds. The number of carbonyl (C=O) groups is 2. The van der Waals surface area contributed by atoms with E-state index >= 15 is 0 Å². The highest BCUT2D eigenvalue weighted by Crippen LogP contribution is 2.38.